The first-order valence-electron chi connectivity index (χ1n) is 23.6. The normalized spacial score (nSPS) is 26.5. The van der Waals surface area contributed by atoms with Crippen LogP contribution in [0.4, 0.5) is 0 Å². The fourth-order valence-electron chi connectivity index (χ4n) is 8.31. The van der Waals surface area contributed by atoms with Crippen LogP contribution in [0.1, 0.15) is 98.1 Å². The van der Waals surface area contributed by atoms with E-state index >= 15 is 4.79 Å². The number of rotatable bonds is 15. The maximum atomic E-state index is 15.0. The van der Waals surface area contributed by atoms with Crippen molar-refractivity contribution in [1.82, 2.24) is 36.4 Å². The molecule has 19 nitrogen and oxygen atoms in total. The molecule has 2 fully saturated rings. The largest absolute Gasteiger partial charge is 0.508 e. The van der Waals surface area contributed by atoms with Crippen LogP contribution in [-0.4, -0.2) is 136 Å². The van der Waals surface area contributed by atoms with Crippen molar-refractivity contribution in [3.05, 3.63) is 65.7 Å². The second-order valence-electron chi connectivity index (χ2n) is 18.9. The molecule has 374 valence electrons. The van der Waals surface area contributed by atoms with Crippen molar-refractivity contribution in [2.75, 3.05) is 13.6 Å². The fourth-order valence-corrected chi connectivity index (χ4v) is 8.31. The number of likely N-dealkylation sites (N-methyl/N-ethyl adjacent to an activating group) is 1. The van der Waals surface area contributed by atoms with Crippen LogP contribution in [0.3, 0.4) is 0 Å². The van der Waals surface area contributed by atoms with Crippen LogP contribution in [0, 0.1) is 17.8 Å². The first-order chi connectivity index (χ1) is 32.1. The Morgan fingerprint density at radius 1 is 0.838 bits per heavy atom. The Morgan fingerprint density at radius 2 is 1.47 bits per heavy atom. The van der Waals surface area contributed by atoms with Gasteiger partial charge in [0, 0.05) is 38.4 Å². The maximum absolute atomic E-state index is 15.0. The highest BCUT2D eigenvalue weighted by atomic mass is 16.5. The minimum absolute atomic E-state index is 0.0146. The van der Waals surface area contributed by atoms with E-state index in [4.69, 9.17) is 10.5 Å². The monoisotopic (exact) mass is 949 g/mol. The Kier molecular flexibility index (Phi) is 20.3. The van der Waals surface area contributed by atoms with E-state index in [1.54, 1.807) is 44.7 Å². The number of esters is 1. The number of piperidine rings is 1. The number of nitrogens with one attached hydrogen (secondary N) is 5. The van der Waals surface area contributed by atoms with Gasteiger partial charge in [-0.25, -0.2) is 4.79 Å². The number of fused-ring (bicyclic) bond motifs is 2. The molecule has 3 unspecified atom stereocenters. The quantitative estimate of drug-likeness (QED) is 0.117. The minimum Gasteiger partial charge on any atom is -0.508 e. The van der Waals surface area contributed by atoms with Crippen molar-refractivity contribution in [2.24, 2.45) is 23.5 Å². The van der Waals surface area contributed by atoms with E-state index in [0.29, 0.717) is 18.4 Å². The molecule has 11 atom stereocenters. The molecule has 0 radical (unpaired) electrons. The number of aliphatic hydroxyl groups excluding tert-OH is 1. The van der Waals surface area contributed by atoms with Gasteiger partial charge in [-0.2, -0.15) is 0 Å². The zero-order valence-corrected chi connectivity index (χ0v) is 40.5. The van der Waals surface area contributed by atoms with E-state index in [1.165, 1.54) is 31.0 Å². The number of hydrogen-bond donors (Lipinski definition) is 8. The van der Waals surface area contributed by atoms with E-state index in [-0.39, 0.29) is 56.7 Å². The third kappa shape index (κ3) is 15.5. The molecule has 2 aromatic rings. The standard InChI is InChI=1S/C49H72N8O11/c1-9-29(6)43(61)52-35(20-21-39(50)59)44(62)55-42-30(7)68-49(67)41(28(4)5)54-46(64)37(24-32-15-18-34(58)19-16-32)56(8)48(66)38(25-31-13-11-10-12-14-31)57-26-33(17-22-40(57)60)51-45(63)36(23-27(2)3)53-47(42)65/h10-16,18-19,27-30,33,35-38,40-42,58,60H,9,17,20-26H2,1-8H3,(H2,50,59)(H,51,63)(H,52,61)(H,53,65)(H,54,64)(H,55,62)/t29?,30-,33+,35+,36+,37+,38+,40-,41?,42+/m1/s1. The summed E-state index contributed by atoms with van der Waals surface area (Å²) in [6, 6.07) is 6.80. The number of carbonyl (C=O) groups excluding carboxylic acids is 8. The molecule has 2 aliphatic rings. The number of nitrogens with two attached hydrogens (primary N) is 1. The lowest BCUT2D eigenvalue weighted by atomic mass is 9.95. The predicted octanol–water partition coefficient (Wildman–Crippen LogP) is 1.17. The van der Waals surface area contributed by atoms with Crippen LogP contribution < -0.4 is 32.3 Å². The van der Waals surface area contributed by atoms with Gasteiger partial charge in [0.25, 0.3) is 0 Å². The zero-order valence-electron chi connectivity index (χ0n) is 40.5. The zero-order chi connectivity index (χ0) is 50.4. The average molecular weight is 949 g/mol. The summed E-state index contributed by atoms with van der Waals surface area (Å²) in [5.74, 6) is -7.11. The summed E-state index contributed by atoms with van der Waals surface area (Å²) in [7, 11) is 1.47. The highest BCUT2D eigenvalue weighted by Gasteiger charge is 2.43. The number of aliphatic hydroxyl groups is 1. The molecule has 68 heavy (non-hydrogen) atoms. The minimum atomic E-state index is -1.68. The molecule has 2 heterocycles. The van der Waals surface area contributed by atoms with Crippen LogP contribution in [0.2, 0.25) is 0 Å². The molecule has 9 N–H and O–H groups in total. The van der Waals surface area contributed by atoms with Crippen molar-refractivity contribution in [1.29, 1.82) is 0 Å². The first kappa shape index (κ1) is 54.5. The van der Waals surface area contributed by atoms with Gasteiger partial charge in [0.15, 0.2) is 0 Å². The number of hydrogen-bond acceptors (Lipinski definition) is 12. The van der Waals surface area contributed by atoms with Crippen LogP contribution >= 0.6 is 0 Å². The Morgan fingerprint density at radius 3 is 2.07 bits per heavy atom. The number of aromatic hydroxyl groups is 1. The molecule has 19 heteroatoms. The highest BCUT2D eigenvalue weighted by Crippen LogP contribution is 2.25. The molecule has 0 saturated carbocycles. The van der Waals surface area contributed by atoms with Crippen LogP contribution in [-0.2, 0) is 55.9 Å². The topological polar surface area (TPSA) is 279 Å². The lowest BCUT2D eigenvalue weighted by Crippen LogP contribution is -2.63. The average Bonchev–Trinajstić information content (AvgIpc) is 3.29. The number of ether oxygens (including phenoxy) is 1. The number of phenols is 1. The van der Waals surface area contributed by atoms with Gasteiger partial charge in [-0.1, -0.05) is 84.0 Å². The molecule has 4 rings (SSSR count). The fraction of sp³-hybridized carbons (Fsp3) is 0.592. The summed E-state index contributed by atoms with van der Waals surface area (Å²) in [4.78, 5) is 115. The van der Waals surface area contributed by atoms with Crippen molar-refractivity contribution in [3.8, 4) is 5.75 Å². The Balaban J connectivity index is 1.85. The Hall–Kier alpha value is -6.08. The number of nitrogens with zero attached hydrogens (tertiary/aromatic N) is 2. The van der Waals surface area contributed by atoms with Crippen molar-refractivity contribution >= 4 is 47.3 Å². The molecule has 0 spiro atoms. The smallest absolute Gasteiger partial charge is 0.329 e. The van der Waals surface area contributed by atoms with E-state index < -0.39 is 114 Å². The van der Waals surface area contributed by atoms with Gasteiger partial charge in [-0.15, -0.1) is 0 Å². The summed E-state index contributed by atoms with van der Waals surface area (Å²) in [6.07, 6.45) is -1.95. The Bertz CT molecular complexity index is 2070. The summed E-state index contributed by atoms with van der Waals surface area (Å²) >= 11 is 0. The molecular weight excluding hydrogens is 877 g/mol. The lowest BCUT2D eigenvalue weighted by Gasteiger charge is -2.43. The molecule has 7 amide bonds. The molecule has 2 aromatic carbocycles. The molecule has 0 aliphatic carbocycles. The van der Waals surface area contributed by atoms with Crippen LogP contribution in [0.5, 0.6) is 5.75 Å². The molecule has 2 saturated heterocycles. The third-order valence-corrected chi connectivity index (χ3v) is 12.7. The summed E-state index contributed by atoms with van der Waals surface area (Å²) in [6.45, 7) is 11.8. The molecule has 0 aromatic heterocycles. The highest BCUT2D eigenvalue weighted by molar-refractivity contribution is 5.96. The van der Waals surface area contributed by atoms with E-state index in [9.17, 15) is 43.8 Å². The van der Waals surface area contributed by atoms with Gasteiger partial charge in [0.05, 0.1) is 6.04 Å². The van der Waals surface area contributed by atoms with Crippen molar-refractivity contribution < 1.29 is 53.3 Å². The molecule has 2 bridgehead atoms. The third-order valence-electron chi connectivity index (χ3n) is 12.7. The number of cyclic esters (lactones) is 1. The van der Waals surface area contributed by atoms with E-state index in [2.05, 4.69) is 26.6 Å². The maximum Gasteiger partial charge on any atom is 0.329 e. The van der Waals surface area contributed by atoms with Crippen molar-refractivity contribution in [3.63, 3.8) is 0 Å². The second-order valence-corrected chi connectivity index (χ2v) is 18.9. The van der Waals surface area contributed by atoms with E-state index in [1.807, 2.05) is 44.2 Å². The number of amides is 7. The van der Waals surface area contributed by atoms with Gasteiger partial charge < -0.3 is 52.2 Å². The molecule has 2 aliphatic heterocycles. The Labute approximate surface area is 399 Å². The summed E-state index contributed by atoms with van der Waals surface area (Å²) in [5.41, 5.74) is 6.76. The van der Waals surface area contributed by atoms with Crippen LogP contribution in [0.15, 0.2) is 54.6 Å². The van der Waals surface area contributed by atoms with Gasteiger partial charge in [-0.05, 0) is 80.5 Å². The number of phenolic OH excluding ortho intramolecular Hbond substituents is 1. The number of carbonyl (C=O) groups is 8. The van der Waals surface area contributed by atoms with Gasteiger partial charge in [0.2, 0.25) is 41.4 Å². The van der Waals surface area contributed by atoms with Gasteiger partial charge in [0.1, 0.15) is 48.3 Å². The summed E-state index contributed by atoms with van der Waals surface area (Å²) in [5, 5.41) is 35.4. The van der Waals surface area contributed by atoms with E-state index in [0.717, 1.165) is 5.56 Å². The summed E-state index contributed by atoms with van der Waals surface area (Å²) < 4.78 is 5.91. The second kappa shape index (κ2) is 25.3. The number of primary amides is 1. The predicted molar refractivity (Wildman–Crippen MR) is 252 cm³/mol. The van der Waals surface area contributed by atoms with Gasteiger partial charge >= 0.3 is 5.97 Å². The van der Waals surface area contributed by atoms with Crippen molar-refractivity contribution in [2.45, 2.75) is 154 Å². The number of benzene rings is 2. The van der Waals surface area contributed by atoms with Gasteiger partial charge in [-0.3, -0.25) is 38.5 Å². The molecular formula is C49H72N8O11. The first-order valence-corrected chi connectivity index (χ1v) is 23.6. The lowest BCUT2D eigenvalue weighted by molar-refractivity contribution is -0.158. The SMILES string of the molecule is CCC(C)C(=O)N[C@@H](CCC(N)=O)C(=O)N[C@@H]1C(=O)N[C@@H](CC(C)C)C(=O)N[C@H]2CC[C@@H](O)N(C2)[C@@H](Cc2ccccc2)C(=O)N(C)[C@@H](Cc2ccc(O)cc2)C(=O)NC(C(C)C)C(=O)O[C@@H]1C. The van der Waals surface area contributed by atoms with Crippen LogP contribution in [0.25, 0.3) is 0 Å².